The molecule has 0 spiro atoms. The molecule has 2 aliphatic rings. The number of rotatable bonds is 3. The molecule has 1 heterocycles. The first-order chi connectivity index (χ1) is 8.22. The highest BCUT2D eigenvalue weighted by atomic mass is 16.5. The van der Waals surface area contributed by atoms with Crippen LogP contribution in [-0.4, -0.2) is 37.6 Å². The number of amides is 1. The van der Waals surface area contributed by atoms with Gasteiger partial charge in [0.1, 0.15) is 6.42 Å². The van der Waals surface area contributed by atoms with Crippen molar-refractivity contribution in [2.45, 2.75) is 32.1 Å². The second-order valence-corrected chi connectivity index (χ2v) is 5.35. The summed E-state index contributed by atoms with van der Waals surface area (Å²) in [6, 6.07) is 1.95. The molecular weight excluding hydrogens is 216 g/mol. The Morgan fingerprint density at radius 3 is 3.12 bits per heavy atom. The van der Waals surface area contributed by atoms with E-state index in [0.29, 0.717) is 5.92 Å². The topological polar surface area (TPSA) is 53.3 Å². The molecule has 1 saturated heterocycles. The molecule has 2 atom stereocenters. The molecule has 4 heteroatoms. The summed E-state index contributed by atoms with van der Waals surface area (Å²) in [6.07, 6.45) is 4.86. The van der Waals surface area contributed by atoms with E-state index in [1.54, 1.807) is 7.11 Å². The number of hydrogen-bond donors (Lipinski definition) is 0. The van der Waals surface area contributed by atoms with Gasteiger partial charge in [0, 0.05) is 25.6 Å². The summed E-state index contributed by atoms with van der Waals surface area (Å²) in [5.74, 6) is 0.552. The van der Waals surface area contributed by atoms with Gasteiger partial charge in [0.25, 0.3) is 0 Å². The van der Waals surface area contributed by atoms with Crippen molar-refractivity contribution < 1.29 is 9.53 Å². The number of carbonyl (C=O) groups excluding carboxylic acids is 1. The van der Waals surface area contributed by atoms with Crippen molar-refractivity contribution in [3.8, 4) is 6.07 Å². The fourth-order valence-corrected chi connectivity index (χ4v) is 3.47. The number of nitriles is 1. The largest absolute Gasteiger partial charge is 0.384 e. The predicted molar refractivity (Wildman–Crippen MR) is 63.1 cm³/mol. The summed E-state index contributed by atoms with van der Waals surface area (Å²) in [5.41, 5.74) is 0.165. The Labute approximate surface area is 103 Å². The van der Waals surface area contributed by atoms with Crippen molar-refractivity contribution >= 4 is 5.91 Å². The van der Waals surface area contributed by atoms with E-state index >= 15 is 0 Å². The summed E-state index contributed by atoms with van der Waals surface area (Å²) in [7, 11) is 1.74. The maximum atomic E-state index is 11.8. The Morgan fingerprint density at radius 2 is 2.41 bits per heavy atom. The summed E-state index contributed by atoms with van der Waals surface area (Å²) in [4.78, 5) is 13.7. The third-order valence-corrected chi connectivity index (χ3v) is 4.30. The van der Waals surface area contributed by atoms with Crippen LogP contribution in [0.3, 0.4) is 0 Å². The SMILES string of the molecule is COC[C@]12CCCC[C@@H]1CN(C(=O)CC#N)C2. The third kappa shape index (κ3) is 2.30. The maximum absolute atomic E-state index is 11.8. The van der Waals surface area contributed by atoms with Crippen LogP contribution in [-0.2, 0) is 9.53 Å². The van der Waals surface area contributed by atoms with Crippen LogP contribution >= 0.6 is 0 Å². The molecule has 0 radical (unpaired) electrons. The van der Waals surface area contributed by atoms with Crippen LogP contribution in [0, 0.1) is 22.7 Å². The zero-order valence-electron chi connectivity index (χ0n) is 10.4. The van der Waals surface area contributed by atoms with E-state index in [-0.39, 0.29) is 17.7 Å². The molecule has 1 aliphatic heterocycles. The van der Waals surface area contributed by atoms with Crippen molar-refractivity contribution in [1.82, 2.24) is 4.90 Å². The van der Waals surface area contributed by atoms with Crippen LogP contribution in [0.25, 0.3) is 0 Å². The van der Waals surface area contributed by atoms with Crippen LogP contribution in [0.5, 0.6) is 0 Å². The Balaban J connectivity index is 2.08. The summed E-state index contributed by atoms with van der Waals surface area (Å²) >= 11 is 0. The van der Waals surface area contributed by atoms with Crippen molar-refractivity contribution in [1.29, 1.82) is 5.26 Å². The molecule has 2 fully saturated rings. The fraction of sp³-hybridized carbons (Fsp3) is 0.846. The molecule has 0 N–H and O–H groups in total. The van der Waals surface area contributed by atoms with E-state index in [2.05, 4.69) is 0 Å². The highest BCUT2D eigenvalue weighted by Crippen LogP contribution is 2.46. The first-order valence-electron chi connectivity index (χ1n) is 6.35. The van der Waals surface area contributed by atoms with E-state index in [1.165, 1.54) is 19.3 Å². The lowest BCUT2D eigenvalue weighted by Crippen LogP contribution is -2.38. The highest BCUT2D eigenvalue weighted by Gasteiger charge is 2.48. The highest BCUT2D eigenvalue weighted by molar-refractivity contribution is 5.78. The maximum Gasteiger partial charge on any atom is 0.236 e. The predicted octanol–water partition coefficient (Wildman–Crippen LogP) is 1.57. The summed E-state index contributed by atoms with van der Waals surface area (Å²) in [5, 5.41) is 8.60. The normalized spacial score (nSPS) is 32.0. The van der Waals surface area contributed by atoms with Crippen LogP contribution in [0.1, 0.15) is 32.1 Å². The molecule has 94 valence electrons. The van der Waals surface area contributed by atoms with Gasteiger partial charge in [0.05, 0.1) is 12.7 Å². The Bertz CT molecular complexity index is 333. The van der Waals surface area contributed by atoms with E-state index in [9.17, 15) is 4.79 Å². The average Bonchev–Trinajstić information content (AvgIpc) is 2.69. The van der Waals surface area contributed by atoms with Crippen LogP contribution in [0.2, 0.25) is 0 Å². The number of fused-ring (bicyclic) bond motifs is 1. The van der Waals surface area contributed by atoms with Gasteiger partial charge in [-0.25, -0.2) is 0 Å². The van der Waals surface area contributed by atoms with Gasteiger partial charge in [-0.15, -0.1) is 0 Å². The molecule has 0 aromatic heterocycles. The van der Waals surface area contributed by atoms with Gasteiger partial charge >= 0.3 is 0 Å². The standard InChI is InChI=1S/C13H20N2O2/c1-17-10-13-6-3-2-4-11(13)8-15(9-13)12(16)5-7-14/h11H,2-6,8-10H2,1H3/t11-,13-/m1/s1. The van der Waals surface area contributed by atoms with Gasteiger partial charge in [-0.3, -0.25) is 4.79 Å². The second kappa shape index (κ2) is 5.05. The van der Waals surface area contributed by atoms with Crippen molar-refractivity contribution in [2.24, 2.45) is 11.3 Å². The molecule has 1 aliphatic carbocycles. The Kier molecular flexibility index (Phi) is 3.68. The van der Waals surface area contributed by atoms with E-state index in [4.69, 9.17) is 10.00 Å². The van der Waals surface area contributed by atoms with E-state index in [1.807, 2.05) is 11.0 Å². The summed E-state index contributed by atoms with van der Waals surface area (Å²) < 4.78 is 5.37. The first kappa shape index (κ1) is 12.4. The lowest BCUT2D eigenvalue weighted by atomic mass is 9.69. The quantitative estimate of drug-likeness (QED) is 0.747. The van der Waals surface area contributed by atoms with E-state index < -0.39 is 0 Å². The number of nitrogens with zero attached hydrogens (tertiary/aromatic N) is 2. The minimum absolute atomic E-state index is 0.00970. The van der Waals surface area contributed by atoms with Crippen molar-refractivity contribution in [2.75, 3.05) is 26.8 Å². The zero-order chi connectivity index (χ0) is 12.3. The monoisotopic (exact) mass is 236 g/mol. The first-order valence-corrected chi connectivity index (χ1v) is 6.35. The summed E-state index contributed by atoms with van der Waals surface area (Å²) in [6.45, 7) is 2.35. The third-order valence-electron chi connectivity index (χ3n) is 4.30. The molecule has 1 saturated carbocycles. The van der Waals surface area contributed by atoms with Crippen LogP contribution < -0.4 is 0 Å². The van der Waals surface area contributed by atoms with Crippen molar-refractivity contribution in [3.63, 3.8) is 0 Å². The number of carbonyl (C=O) groups is 1. The lowest BCUT2D eigenvalue weighted by molar-refractivity contribution is -0.129. The van der Waals surface area contributed by atoms with Gasteiger partial charge in [0.2, 0.25) is 5.91 Å². The van der Waals surface area contributed by atoms with Crippen molar-refractivity contribution in [3.05, 3.63) is 0 Å². The molecule has 0 aromatic rings. The molecule has 0 aromatic carbocycles. The van der Waals surface area contributed by atoms with Gasteiger partial charge in [-0.2, -0.15) is 5.26 Å². The molecule has 17 heavy (non-hydrogen) atoms. The van der Waals surface area contributed by atoms with Gasteiger partial charge in [-0.1, -0.05) is 12.8 Å². The second-order valence-electron chi connectivity index (χ2n) is 5.35. The van der Waals surface area contributed by atoms with Crippen LogP contribution in [0.4, 0.5) is 0 Å². The fourth-order valence-electron chi connectivity index (χ4n) is 3.47. The average molecular weight is 236 g/mol. The number of ether oxygens (including phenoxy) is 1. The van der Waals surface area contributed by atoms with Crippen LogP contribution in [0.15, 0.2) is 0 Å². The minimum atomic E-state index is -0.0163. The van der Waals surface area contributed by atoms with E-state index in [0.717, 1.165) is 26.1 Å². The number of methoxy groups -OCH3 is 1. The van der Waals surface area contributed by atoms with Gasteiger partial charge in [-0.05, 0) is 18.8 Å². The molecule has 1 amide bonds. The van der Waals surface area contributed by atoms with Gasteiger partial charge in [0.15, 0.2) is 0 Å². The lowest BCUT2D eigenvalue weighted by Gasteiger charge is -2.37. The zero-order valence-corrected chi connectivity index (χ0v) is 10.4. The molecule has 0 unspecified atom stereocenters. The Hall–Kier alpha value is -1.08. The molecule has 2 rings (SSSR count). The molecule has 0 bridgehead atoms. The molecular formula is C13H20N2O2. The number of hydrogen-bond acceptors (Lipinski definition) is 3. The number of likely N-dealkylation sites (tertiary alicyclic amines) is 1. The van der Waals surface area contributed by atoms with Gasteiger partial charge < -0.3 is 9.64 Å². The smallest absolute Gasteiger partial charge is 0.236 e. The minimum Gasteiger partial charge on any atom is -0.384 e. The molecule has 4 nitrogen and oxygen atoms in total. The Morgan fingerprint density at radius 1 is 1.59 bits per heavy atom.